The quantitative estimate of drug-likeness (QED) is 0.947. The van der Waals surface area contributed by atoms with Gasteiger partial charge in [0.2, 0.25) is 0 Å². The zero-order valence-corrected chi connectivity index (χ0v) is 13.6. The Morgan fingerprint density at radius 3 is 2.61 bits per heavy atom. The summed E-state index contributed by atoms with van der Waals surface area (Å²) in [6.07, 6.45) is 6.20. The molecule has 1 aromatic heterocycles. The van der Waals surface area contributed by atoms with Crippen LogP contribution in [0.15, 0.2) is 36.4 Å². The summed E-state index contributed by atoms with van der Waals surface area (Å²) in [6.45, 7) is 2.99. The molecule has 0 unspecified atom stereocenters. The van der Waals surface area contributed by atoms with Gasteiger partial charge in [-0.05, 0) is 24.5 Å². The summed E-state index contributed by atoms with van der Waals surface area (Å²) in [5.74, 6) is 0. The molecule has 1 aliphatic heterocycles. The van der Waals surface area contributed by atoms with Crippen molar-refractivity contribution < 1.29 is 5.11 Å². The maximum absolute atomic E-state index is 10.6. The smallest absolute Gasteiger partial charge is 0.123 e. The highest BCUT2D eigenvalue weighted by Gasteiger charge is 2.27. The van der Waals surface area contributed by atoms with Crippen molar-refractivity contribution in [1.29, 1.82) is 0 Å². The molecule has 23 heavy (non-hydrogen) atoms. The summed E-state index contributed by atoms with van der Waals surface area (Å²) in [4.78, 5) is 2.62. The second-order valence-electron chi connectivity index (χ2n) is 6.86. The van der Waals surface area contributed by atoms with E-state index < -0.39 is 6.10 Å². The van der Waals surface area contributed by atoms with Crippen LogP contribution in [0.2, 0.25) is 0 Å². The van der Waals surface area contributed by atoms with Gasteiger partial charge in [0.1, 0.15) is 6.10 Å². The molecule has 2 aromatic rings. The van der Waals surface area contributed by atoms with E-state index in [-0.39, 0.29) is 0 Å². The molecular weight excluding hydrogens is 286 g/mol. The van der Waals surface area contributed by atoms with Gasteiger partial charge in [-0.1, -0.05) is 49.6 Å². The second kappa shape index (κ2) is 6.46. The average molecular weight is 311 g/mol. The Labute approximate surface area is 137 Å². The maximum atomic E-state index is 10.6. The minimum absolute atomic E-state index is 0.627. The number of aliphatic hydroxyl groups excluding tert-OH is 1. The molecule has 1 aromatic carbocycles. The van der Waals surface area contributed by atoms with Crippen LogP contribution in [0.5, 0.6) is 0 Å². The minimum atomic E-state index is -0.627. The summed E-state index contributed by atoms with van der Waals surface area (Å²) < 4.78 is 2.08. The lowest BCUT2D eigenvalue weighted by Gasteiger charge is -2.36. The van der Waals surface area contributed by atoms with Crippen LogP contribution in [0.3, 0.4) is 0 Å². The predicted octanol–water partition coefficient (Wildman–Crippen LogP) is 3.11. The topological polar surface area (TPSA) is 41.3 Å². The number of rotatable bonds is 3. The molecule has 1 atom stereocenters. The second-order valence-corrected chi connectivity index (χ2v) is 6.86. The third kappa shape index (κ3) is 3.06. The highest BCUT2D eigenvalue weighted by molar-refractivity contribution is 5.26. The number of aliphatic hydroxyl groups is 1. The highest BCUT2D eigenvalue weighted by Crippen LogP contribution is 2.28. The first-order valence-electron chi connectivity index (χ1n) is 8.85. The van der Waals surface area contributed by atoms with Crippen molar-refractivity contribution in [3.8, 4) is 0 Å². The van der Waals surface area contributed by atoms with Gasteiger partial charge in [-0.25, -0.2) is 0 Å². The fourth-order valence-corrected chi connectivity index (χ4v) is 4.01. The fourth-order valence-electron chi connectivity index (χ4n) is 4.01. The molecule has 1 N–H and O–H groups in total. The molecule has 4 rings (SSSR count). The lowest BCUT2D eigenvalue weighted by Crippen LogP contribution is -2.42. The summed E-state index contributed by atoms with van der Waals surface area (Å²) in [6, 6.07) is 12.6. The lowest BCUT2D eigenvalue weighted by atomic mass is 9.94. The summed E-state index contributed by atoms with van der Waals surface area (Å²) >= 11 is 0. The first kappa shape index (κ1) is 14.9. The molecule has 122 valence electrons. The Morgan fingerprint density at radius 2 is 1.83 bits per heavy atom. The van der Waals surface area contributed by atoms with E-state index in [0.717, 1.165) is 36.9 Å². The maximum Gasteiger partial charge on any atom is 0.123 e. The van der Waals surface area contributed by atoms with Crippen LogP contribution >= 0.6 is 0 Å². The van der Waals surface area contributed by atoms with E-state index >= 15 is 0 Å². The minimum Gasteiger partial charge on any atom is -0.382 e. The number of aromatic nitrogens is 2. The van der Waals surface area contributed by atoms with E-state index in [1.54, 1.807) is 0 Å². The van der Waals surface area contributed by atoms with Gasteiger partial charge in [0.25, 0.3) is 0 Å². The molecule has 1 saturated carbocycles. The normalized spacial score (nSPS) is 21.1. The van der Waals surface area contributed by atoms with Crippen LogP contribution in [0, 0.1) is 0 Å². The monoisotopic (exact) mass is 311 g/mol. The number of fused-ring (bicyclic) bond motifs is 1. The average Bonchev–Trinajstić information content (AvgIpc) is 3.06. The third-order valence-corrected chi connectivity index (χ3v) is 5.33. The zero-order valence-electron chi connectivity index (χ0n) is 13.6. The van der Waals surface area contributed by atoms with Gasteiger partial charge in [-0.3, -0.25) is 9.58 Å². The van der Waals surface area contributed by atoms with E-state index in [4.69, 9.17) is 0 Å². The van der Waals surface area contributed by atoms with Crippen LogP contribution in [0.1, 0.15) is 55.2 Å². The molecule has 0 bridgehead atoms. The Hall–Kier alpha value is -1.65. The molecule has 1 fully saturated rings. The van der Waals surface area contributed by atoms with E-state index in [0.29, 0.717) is 0 Å². The fraction of sp³-hybridized carbons (Fsp3) is 0.526. The Bertz CT molecular complexity index is 646. The van der Waals surface area contributed by atoms with Crippen molar-refractivity contribution in [1.82, 2.24) is 14.7 Å². The van der Waals surface area contributed by atoms with Crippen molar-refractivity contribution >= 4 is 0 Å². The van der Waals surface area contributed by atoms with Crippen LogP contribution in [0.25, 0.3) is 0 Å². The highest BCUT2D eigenvalue weighted by atomic mass is 16.3. The molecular formula is C19H25N3O. The van der Waals surface area contributed by atoms with Crippen LogP contribution in [-0.4, -0.2) is 32.4 Å². The Balaban J connectivity index is 1.51. The van der Waals surface area contributed by atoms with Gasteiger partial charge in [-0.15, -0.1) is 0 Å². The zero-order chi connectivity index (χ0) is 15.6. The van der Waals surface area contributed by atoms with Crippen molar-refractivity contribution in [2.75, 3.05) is 6.54 Å². The molecule has 1 aliphatic carbocycles. The molecule has 4 nitrogen and oxygen atoms in total. The number of hydrogen-bond acceptors (Lipinski definition) is 3. The van der Waals surface area contributed by atoms with Gasteiger partial charge in [0.05, 0.1) is 17.9 Å². The molecule has 2 heterocycles. The molecule has 0 spiro atoms. The summed E-state index contributed by atoms with van der Waals surface area (Å²) in [5.41, 5.74) is 2.93. The lowest BCUT2D eigenvalue weighted by molar-refractivity contribution is 0.119. The van der Waals surface area contributed by atoms with E-state index in [2.05, 4.69) is 20.7 Å². The first-order valence-corrected chi connectivity index (χ1v) is 8.85. The van der Waals surface area contributed by atoms with E-state index in [9.17, 15) is 5.11 Å². The molecule has 0 amide bonds. The van der Waals surface area contributed by atoms with Crippen molar-refractivity contribution in [2.24, 2.45) is 0 Å². The SMILES string of the molecule is O[C@H](c1ccccc1)c1cc2n(n1)CCN(C1CCCCC1)C2. The molecule has 2 aliphatic rings. The van der Waals surface area contributed by atoms with Crippen LogP contribution in [-0.2, 0) is 13.1 Å². The van der Waals surface area contributed by atoms with Gasteiger partial charge in [0.15, 0.2) is 0 Å². The number of hydrogen-bond donors (Lipinski definition) is 1. The predicted molar refractivity (Wildman–Crippen MR) is 90.0 cm³/mol. The van der Waals surface area contributed by atoms with Crippen molar-refractivity contribution in [2.45, 2.75) is 57.3 Å². The van der Waals surface area contributed by atoms with Crippen molar-refractivity contribution in [3.05, 3.63) is 53.3 Å². The molecule has 0 saturated heterocycles. The van der Waals surface area contributed by atoms with Gasteiger partial charge >= 0.3 is 0 Å². The Kier molecular flexibility index (Phi) is 4.19. The third-order valence-electron chi connectivity index (χ3n) is 5.33. The summed E-state index contributed by atoms with van der Waals surface area (Å²) in [5, 5.41) is 15.2. The van der Waals surface area contributed by atoms with Crippen molar-refractivity contribution in [3.63, 3.8) is 0 Å². The number of nitrogens with zero attached hydrogens (tertiary/aromatic N) is 3. The molecule has 4 heteroatoms. The number of benzene rings is 1. The standard InChI is InChI=1S/C19H25N3O/c23-19(15-7-3-1-4-8-15)18-13-17-14-21(11-12-22(17)20-18)16-9-5-2-6-10-16/h1,3-4,7-8,13,16,19,23H,2,5-6,9-12,14H2/t19-/m1/s1. The van der Waals surface area contributed by atoms with Crippen LogP contribution < -0.4 is 0 Å². The van der Waals surface area contributed by atoms with E-state index in [1.165, 1.54) is 37.8 Å². The Morgan fingerprint density at radius 1 is 1.04 bits per heavy atom. The molecule has 0 radical (unpaired) electrons. The first-order chi connectivity index (χ1) is 11.3. The van der Waals surface area contributed by atoms with Gasteiger partial charge < -0.3 is 5.11 Å². The van der Waals surface area contributed by atoms with Crippen LogP contribution in [0.4, 0.5) is 0 Å². The van der Waals surface area contributed by atoms with Gasteiger partial charge in [0, 0.05) is 19.1 Å². The summed E-state index contributed by atoms with van der Waals surface area (Å²) in [7, 11) is 0. The van der Waals surface area contributed by atoms with E-state index in [1.807, 2.05) is 30.3 Å². The largest absolute Gasteiger partial charge is 0.382 e. The van der Waals surface area contributed by atoms with Gasteiger partial charge in [-0.2, -0.15) is 5.10 Å².